The Morgan fingerprint density at radius 1 is 1.23 bits per heavy atom. The van der Waals surface area contributed by atoms with Crippen molar-refractivity contribution in [1.29, 1.82) is 5.26 Å². The number of thioether (sulfide) groups is 1. The van der Waals surface area contributed by atoms with E-state index in [0.717, 1.165) is 36.8 Å². The first-order chi connectivity index (χ1) is 10.7. The highest BCUT2D eigenvalue weighted by Gasteiger charge is 2.45. The fourth-order valence-corrected chi connectivity index (χ4v) is 5.91. The zero-order valence-corrected chi connectivity index (χ0v) is 13.6. The molecule has 2 bridgehead atoms. The smallest absolute Gasteiger partial charge is 0.166 e. The van der Waals surface area contributed by atoms with E-state index in [2.05, 4.69) is 17.8 Å². The molecule has 0 spiro atoms. The van der Waals surface area contributed by atoms with Crippen LogP contribution in [0.3, 0.4) is 0 Å². The Labute approximate surface area is 136 Å². The fraction of sp³-hybridized carbons (Fsp3) is 0.579. The highest BCUT2D eigenvalue weighted by molar-refractivity contribution is 8.00. The van der Waals surface area contributed by atoms with Crippen LogP contribution in [0.1, 0.15) is 60.9 Å². The van der Waals surface area contributed by atoms with Gasteiger partial charge in [0.05, 0.1) is 11.5 Å². The number of Topliss-reactive ketones (excluding diaryl/α,β-unsaturated/α-hetero) is 1. The molecule has 2 atom stereocenters. The Bertz CT molecular complexity index is 631. The zero-order chi connectivity index (χ0) is 15.2. The number of fused-ring (bicyclic) bond motifs is 2. The first kappa shape index (κ1) is 14.3. The fourth-order valence-electron chi connectivity index (χ4n) is 4.07. The van der Waals surface area contributed by atoms with E-state index < -0.39 is 0 Å². The Balaban J connectivity index is 1.56. The van der Waals surface area contributed by atoms with E-state index >= 15 is 0 Å². The monoisotopic (exact) mass is 311 g/mol. The Morgan fingerprint density at radius 3 is 2.59 bits per heavy atom. The van der Waals surface area contributed by atoms with Crippen molar-refractivity contribution in [3.05, 3.63) is 35.4 Å². The largest absolute Gasteiger partial charge is 0.294 e. The highest BCUT2D eigenvalue weighted by atomic mass is 32.2. The van der Waals surface area contributed by atoms with Crippen molar-refractivity contribution in [2.45, 2.75) is 60.9 Å². The normalized spacial score (nSPS) is 32.0. The Kier molecular flexibility index (Phi) is 3.53. The van der Waals surface area contributed by atoms with Gasteiger partial charge in [-0.15, -0.1) is 0 Å². The minimum atomic E-state index is -0.296. The first-order valence-corrected chi connectivity index (χ1v) is 9.36. The number of ketones is 1. The number of hydrogen-bond acceptors (Lipinski definition) is 3. The average molecular weight is 311 g/mol. The molecule has 0 radical (unpaired) electrons. The summed E-state index contributed by atoms with van der Waals surface area (Å²) < 4.78 is 0. The van der Waals surface area contributed by atoms with E-state index in [-0.39, 0.29) is 11.3 Å². The minimum Gasteiger partial charge on any atom is -0.294 e. The lowest BCUT2D eigenvalue weighted by Gasteiger charge is -2.38. The summed E-state index contributed by atoms with van der Waals surface area (Å²) in [6.07, 6.45) is 7.87. The summed E-state index contributed by atoms with van der Waals surface area (Å²) in [6.45, 7) is 0. The maximum atomic E-state index is 12.9. The van der Waals surface area contributed by atoms with Gasteiger partial charge in [0.15, 0.2) is 5.78 Å². The van der Waals surface area contributed by atoms with Gasteiger partial charge in [-0.3, -0.25) is 4.79 Å². The molecule has 2 heterocycles. The third-order valence-electron chi connectivity index (χ3n) is 5.57. The summed E-state index contributed by atoms with van der Waals surface area (Å²) in [6, 6.07) is 10.3. The molecular formula is C19H21NOS. The van der Waals surface area contributed by atoms with Crippen molar-refractivity contribution >= 4 is 17.5 Å². The number of hydrogen-bond donors (Lipinski definition) is 0. The van der Waals surface area contributed by atoms with Crippen LogP contribution in [-0.2, 0) is 5.41 Å². The second-order valence-electron chi connectivity index (χ2n) is 7.12. The molecule has 2 nitrogen and oxygen atoms in total. The van der Waals surface area contributed by atoms with E-state index in [4.69, 9.17) is 0 Å². The van der Waals surface area contributed by atoms with Gasteiger partial charge >= 0.3 is 0 Å². The summed E-state index contributed by atoms with van der Waals surface area (Å²) in [4.78, 5) is 12.9. The molecule has 1 aromatic carbocycles. The van der Waals surface area contributed by atoms with Crippen LogP contribution in [0, 0.1) is 17.2 Å². The number of benzene rings is 1. The van der Waals surface area contributed by atoms with Crippen molar-refractivity contribution in [1.82, 2.24) is 0 Å². The van der Waals surface area contributed by atoms with Crippen LogP contribution in [0.15, 0.2) is 24.3 Å². The van der Waals surface area contributed by atoms with Crippen LogP contribution in [0.5, 0.6) is 0 Å². The van der Waals surface area contributed by atoms with Crippen molar-refractivity contribution in [2.24, 2.45) is 5.92 Å². The summed E-state index contributed by atoms with van der Waals surface area (Å²) in [5.41, 5.74) is 1.58. The lowest BCUT2D eigenvalue weighted by Crippen LogP contribution is -2.33. The van der Waals surface area contributed by atoms with Gasteiger partial charge in [-0.25, -0.2) is 0 Å². The molecule has 0 N–H and O–H groups in total. The molecule has 2 aliphatic heterocycles. The van der Waals surface area contributed by atoms with Crippen LogP contribution >= 0.6 is 11.8 Å². The molecule has 3 aliphatic rings. The van der Waals surface area contributed by atoms with Gasteiger partial charge in [-0.2, -0.15) is 17.0 Å². The molecule has 1 aliphatic carbocycles. The lowest BCUT2D eigenvalue weighted by molar-refractivity contribution is 0.0896. The molecule has 3 fully saturated rings. The van der Waals surface area contributed by atoms with Crippen molar-refractivity contribution in [3.8, 4) is 6.07 Å². The number of carbonyl (C=O) groups excluding carboxylic acids is 1. The van der Waals surface area contributed by atoms with Gasteiger partial charge in [-0.1, -0.05) is 24.6 Å². The van der Waals surface area contributed by atoms with Crippen LogP contribution in [0.25, 0.3) is 0 Å². The van der Waals surface area contributed by atoms with Gasteiger partial charge in [-0.05, 0) is 50.2 Å². The summed E-state index contributed by atoms with van der Waals surface area (Å²) in [5.74, 6) is 0.511. The highest BCUT2D eigenvalue weighted by Crippen LogP contribution is 2.48. The minimum absolute atomic E-state index is 0.198. The quantitative estimate of drug-likeness (QED) is 0.772. The lowest BCUT2D eigenvalue weighted by atomic mass is 9.83. The molecule has 2 unspecified atom stereocenters. The summed E-state index contributed by atoms with van der Waals surface area (Å²) in [5, 5.41) is 10.7. The van der Waals surface area contributed by atoms with E-state index in [0.29, 0.717) is 16.3 Å². The molecule has 1 saturated carbocycles. The molecule has 3 heteroatoms. The molecule has 0 amide bonds. The third-order valence-corrected chi connectivity index (χ3v) is 7.19. The van der Waals surface area contributed by atoms with Gasteiger partial charge in [0.25, 0.3) is 0 Å². The van der Waals surface area contributed by atoms with E-state index in [1.807, 2.05) is 24.3 Å². The standard InChI is InChI=1S/C19H21NOS/c20-12-19(7-8-19)15-4-1-3-13(9-15)18(21)14-10-16-5-2-6-17(11-14)22-16/h1,3-4,9,14,16-17H,2,5-8,10-11H2. The Morgan fingerprint density at radius 2 is 1.95 bits per heavy atom. The van der Waals surface area contributed by atoms with Gasteiger partial charge in [0.1, 0.15) is 0 Å². The second kappa shape index (κ2) is 5.42. The topological polar surface area (TPSA) is 40.9 Å². The van der Waals surface area contributed by atoms with Crippen LogP contribution < -0.4 is 0 Å². The van der Waals surface area contributed by atoms with Gasteiger partial charge < -0.3 is 0 Å². The molecule has 114 valence electrons. The number of nitriles is 1. The van der Waals surface area contributed by atoms with Crippen LogP contribution in [0.2, 0.25) is 0 Å². The summed E-state index contributed by atoms with van der Waals surface area (Å²) in [7, 11) is 0. The molecule has 4 rings (SSSR count). The molecule has 0 aromatic heterocycles. The molecule has 2 saturated heterocycles. The zero-order valence-electron chi connectivity index (χ0n) is 12.8. The van der Waals surface area contributed by atoms with E-state index in [1.54, 1.807) is 0 Å². The third kappa shape index (κ3) is 2.48. The number of rotatable bonds is 3. The van der Waals surface area contributed by atoms with Gasteiger partial charge in [0.2, 0.25) is 0 Å². The molecular weight excluding hydrogens is 290 g/mol. The Hall–Kier alpha value is -1.27. The predicted octanol–water partition coefficient (Wildman–Crippen LogP) is 4.49. The predicted molar refractivity (Wildman–Crippen MR) is 89.0 cm³/mol. The second-order valence-corrected chi connectivity index (χ2v) is 8.72. The van der Waals surface area contributed by atoms with Crippen molar-refractivity contribution in [2.75, 3.05) is 0 Å². The SMILES string of the molecule is N#CC1(c2cccc(C(=O)C3CC4CCCC(C3)S4)c2)CC1. The maximum absolute atomic E-state index is 12.9. The van der Waals surface area contributed by atoms with Gasteiger partial charge in [0, 0.05) is 22.0 Å². The first-order valence-electron chi connectivity index (χ1n) is 8.42. The summed E-state index contributed by atoms with van der Waals surface area (Å²) >= 11 is 2.12. The molecule has 22 heavy (non-hydrogen) atoms. The molecule has 1 aromatic rings. The van der Waals surface area contributed by atoms with Crippen molar-refractivity contribution in [3.63, 3.8) is 0 Å². The van der Waals surface area contributed by atoms with Crippen molar-refractivity contribution < 1.29 is 4.79 Å². The van der Waals surface area contributed by atoms with E-state index in [1.165, 1.54) is 19.3 Å². The van der Waals surface area contributed by atoms with E-state index in [9.17, 15) is 10.1 Å². The maximum Gasteiger partial charge on any atom is 0.166 e. The average Bonchev–Trinajstić information content (AvgIpc) is 3.35. The number of carbonyl (C=O) groups is 1. The van der Waals surface area contributed by atoms with Crippen LogP contribution in [-0.4, -0.2) is 16.3 Å². The van der Waals surface area contributed by atoms with Crippen LogP contribution in [0.4, 0.5) is 0 Å². The number of nitrogens with zero attached hydrogens (tertiary/aromatic N) is 1.